The van der Waals surface area contributed by atoms with Crippen molar-refractivity contribution in [2.75, 3.05) is 11.9 Å². The van der Waals surface area contributed by atoms with E-state index >= 15 is 0 Å². The fourth-order valence-corrected chi connectivity index (χ4v) is 2.40. The largest absolute Gasteiger partial charge is 0.365 e. The predicted molar refractivity (Wildman–Crippen MR) is 70.8 cm³/mol. The SMILES string of the molecule is CC(C)c1c(Cl)ncnc1NC1CCC(=O)NC1. The van der Waals surface area contributed by atoms with Crippen molar-refractivity contribution < 1.29 is 4.79 Å². The smallest absolute Gasteiger partial charge is 0.220 e. The topological polar surface area (TPSA) is 66.9 Å². The van der Waals surface area contributed by atoms with Gasteiger partial charge in [0.1, 0.15) is 17.3 Å². The van der Waals surface area contributed by atoms with Gasteiger partial charge in [-0.05, 0) is 12.3 Å². The van der Waals surface area contributed by atoms with Crippen molar-refractivity contribution in [3.63, 3.8) is 0 Å². The van der Waals surface area contributed by atoms with Crippen LogP contribution >= 0.6 is 11.6 Å². The van der Waals surface area contributed by atoms with Crippen LogP contribution in [0, 0.1) is 0 Å². The molecule has 1 aromatic rings. The van der Waals surface area contributed by atoms with E-state index in [1.54, 1.807) is 0 Å². The molecule has 0 aromatic carbocycles. The van der Waals surface area contributed by atoms with Crippen molar-refractivity contribution in [1.29, 1.82) is 0 Å². The number of rotatable bonds is 3. The van der Waals surface area contributed by atoms with Gasteiger partial charge in [0.2, 0.25) is 5.91 Å². The summed E-state index contributed by atoms with van der Waals surface area (Å²) in [6.07, 6.45) is 2.82. The van der Waals surface area contributed by atoms with Gasteiger partial charge in [0.05, 0.1) is 0 Å². The molecule has 1 unspecified atom stereocenters. The van der Waals surface area contributed by atoms with Crippen LogP contribution in [0.25, 0.3) is 0 Å². The molecule has 0 radical (unpaired) electrons. The maximum Gasteiger partial charge on any atom is 0.220 e. The second-order valence-electron chi connectivity index (χ2n) is 4.77. The summed E-state index contributed by atoms with van der Waals surface area (Å²) in [6, 6.07) is 0.200. The zero-order valence-electron chi connectivity index (χ0n) is 10.5. The van der Waals surface area contributed by atoms with Gasteiger partial charge in [-0.1, -0.05) is 25.4 Å². The van der Waals surface area contributed by atoms with Crippen LogP contribution in [-0.4, -0.2) is 28.5 Å². The summed E-state index contributed by atoms with van der Waals surface area (Å²) in [6.45, 7) is 4.73. The Morgan fingerprint density at radius 3 is 2.89 bits per heavy atom. The van der Waals surface area contributed by atoms with E-state index in [2.05, 4.69) is 34.4 Å². The highest BCUT2D eigenvalue weighted by Gasteiger charge is 2.21. The Kier molecular flexibility index (Phi) is 4.01. The monoisotopic (exact) mass is 268 g/mol. The molecule has 2 rings (SSSR count). The van der Waals surface area contributed by atoms with Crippen molar-refractivity contribution in [3.8, 4) is 0 Å². The number of hydrogen-bond donors (Lipinski definition) is 2. The summed E-state index contributed by atoms with van der Waals surface area (Å²) < 4.78 is 0. The van der Waals surface area contributed by atoms with Crippen molar-refractivity contribution in [2.24, 2.45) is 0 Å². The lowest BCUT2D eigenvalue weighted by Crippen LogP contribution is -2.42. The minimum absolute atomic E-state index is 0.109. The van der Waals surface area contributed by atoms with E-state index in [-0.39, 0.29) is 17.9 Å². The molecule has 0 saturated carbocycles. The van der Waals surface area contributed by atoms with Gasteiger partial charge in [-0.3, -0.25) is 4.79 Å². The van der Waals surface area contributed by atoms with Crippen LogP contribution in [-0.2, 0) is 4.79 Å². The van der Waals surface area contributed by atoms with Gasteiger partial charge in [-0.15, -0.1) is 0 Å². The Labute approximate surface area is 111 Å². The number of nitrogens with one attached hydrogen (secondary N) is 2. The third-order valence-corrected chi connectivity index (χ3v) is 3.32. The summed E-state index contributed by atoms with van der Waals surface area (Å²) >= 11 is 6.10. The quantitative estimate of drug-likeness (QED) is 0.823. The highest BCUT2D eigenvalue weighted by Crippen LogP contribution is 2.28. The fourth-order valence-electron chi connectivity index (χ4n) is 2.05. The summed E-state index contributed by atoms with van der Waals surface area (Å²) in [5, 5.41) is 6.67. The van der Waals surface area contributed by atoms with Crippen LogP contribution in [0.4, 0.5) is 5.82 Å². The first kappa shape index (κ1) is 13.1. The first-order chi connectivity index (χ1) is 8.58. The molecule has 5 nitrogen and oxygen atoms in total. The summed E-state index contributed by atoms with van der Waals surface area (Å²) in [5.41, 5.74) is 0.927. The number of anilines is 1. The van der Waals surface area contributed by atoms with Crippen molar-refractivity contribution in [1.82, 2.24) is 15.3 Å². The van der Waals surface area contributed by atoms with Crippen molar-refractivity contribution >= 4 is 23.3 Å². The van der Waals surface area contributed by atoms with Crippen LogP contribution in [0.2, 0.25) is 5.15 Å². The molecule has 2 N–H and O–H groups in total. The van der Waals surface area contributed by atoms with E-state index in [0.29, 0.717) is 18.1 Å². The van der Waals surface area contributed by atoms with E-state index < -0.39 is 0 Å². The fraction of sp³-hybridized carbons (Fsp3) is 0.583. The van der Waals surface area contributed by atoms with E-state index in [1.165, 1.54) is 6.33 Å². The van der Waals surface area contributed by atoms with Gasteiger partial charge in [-0.2, -0.15) is 0 Å². The Morgan fingerprint density at radius 1 is 1.50 bits per heavy atom. The number of aromatic nitrogens is 2. The summed E-state index contributed by atoms with van der Waals surface area (Å²) in [7, 11) is 0. The lowest BCUT2D eigenvalue weighted by atomic mass is 10.0. The molecule has 1 amide bonds. The van der Waals surface area contributed by atoms with Gasteiger partial charge in [0.15, 0.2) is 0 Å². The Bertz CT molecular complexity index is 440. The van der Waals surface area contributed by atoms with E-state index in [1.807, 2.05) is 0 Å². The van der Waals surface area contributed by atoms with Crippen molar-refractivity contribution in [2.45, 2.75) is 38.6 Å². The molecule has 1 aromatic heterocycles. The number of amides is 1. The maximum atomic E-state index is 11.1. The van der Waals surface area contributed by atoms with E-state index in [0.717, 1.165) is 17.8 Å². The Morgan fingerprint density at radius 2 is 2.28 bits per heavy atom. The standard InChI is InChI=1S/C12H17ClN4O/c1-7(2)10-11(13)15-6-16-12(10)17-8-3-4-9(18)14-5-8/h6-8H,3-5H2,1-2H3,(H,14,18)(H,15,16,17). The van der Waals surface area contributed by atoms with Gasteiger partial charge in [-0.25, -0.2) is 9.97 Å². The summed E-state index contributed by atoms with van der Waals surface area (Å²) in [4.78, 5) is 19.4. The average molecular weight is 269 g/mol. The highest BCUT2D eigenvalue weighted by molar-refractivity contribution is 6.30. The van der Waals surface area contributed by atoms with E-state index in [4.69, 9.17) is 11.6 Å². The van der Waals surface area contributed by atoms with Crippen LogP contribution in [0.5, 0.6) is 0 Å². The third-order valence-electron chi connectivity index (χ3n) is 3.02. The minimum atomic E-state index is 0.109. The molecule has 1 aliphatic heterocycles. The lowest BCUT2D eigenvalue weighted by molar-refractivity contribution is -0.122. The second-order valence-corrected chi connectivity index (χ2v) is 5.12. The number of nitrogens with zero attached hydrogens (tertiary/aromatic N) is 2. The molecular formula is C12H17ClN4O. The van der Waals surface area contributed by atoms with Gasteiger partial charge in [0, 0.05) is 24.6 Å². The molecule has 1 fully saturated rings. The number of carbonyl (C=O) groups excluding carboxylic acids is 1. The first-order valence-electron chi connectivity index (χ1n) is 6.11. The minimum Gasteiger partial charge on any atom is -0.365 e. The molecule has 18 heavy (non-hydrogen) atoms. The number of piperidine rings is 1. The van der Waals surface area contributed by atoms with Crippen LogP contribution < -0.4 is 10.6 Å². The number of carbonyl (C=O) groups is 1. The molecule has 1 atom stereocenters. The van der Waals surface area contributed by atoms with Gasteiger partial charge in [0.25, 0.3) is 0 Å². The molecule has 0 bridgehead atoms. The second kappa shape index (κ2) is 5.52. The molecule has 1 saturated heterocycles. The van der Waals surface area contributed by atoms with Crippen LogP contribution in [0.1, 0.15) is 38.2 Å². The molecule has 0 aliphatic carbocycles. The zero-order chi connectivity index (χ0) is 13.1. The van der Waals surface area contributed by atoms with Crippen LogP contribution in [0.3, 0.4) is 0 Å². The predicted octanol–water partition coefficient (Wildman–Crippen LogP) is 1.94. The maximum absolute atomic E-state index is 11.1. The molecule has 98 valence electrons. The number of hydrogen-bond acceptors (Lipinski definition) is 4. The number of halogens is 1. The van der Waals surface area contributed by atoms with Gasteiger partial charge >= 0.3 is 0 Å². The molecular weight excluding hydrogens is 252 g/mol. The van der Waals surface area contributed by atoms with Crippen LogP contribution in [0.15, 0.2) is 6.33 Å². The third kappa shape index (κ3) is 2.90. The molecule has 2 heterocycles. The molecule has 0 spiro atoms. The normalized spacial score (nSPS) is 19.8. The van der Waals surface area contributed by atoms with E-state index in [9.17, 15) is 4.79 Å². The Hall–Kier alpha value is -1.36. The summed E-state index contributed by atoms with van der Waals surface area (Å²) in [5.74, 6) is 1.13. The Balaban J connectivity index is 2.14. The van der Waals surface area contributed by atoms with Crippen molar-refractivity contribution in [3.05, 3.63) is 17.0 Å². The highest BCUT2D eigenvalue weighted by atomic mass is 35.5. The molecule has 1 aliphatic rings. The first-order valence-corrected chi connectivity index (χ1v) is 6.49. The van der Waals surface area contributed by atoms with Gasteiger partial charge < -0.3 is 10.6 Å². The average Bonchev–Trinajstić information content (AvgIpc) is 2.32. The molecule has 6 heteroatoms. The zero-order valence-corrected chi connectivity index (χ0v) is 11.3. The lowest BCUT2D eigenvalue weighted by Gasteiger charge is -2.25.